The molecule has 2 aromatic carbocycles. The zero-order valence-corrected chi connectivity index (χ0v) is 17.2. The van der Waals surface area contributed by atoms with E-state index in [1.165, 1.54) is 4.31 Å². The van der Waals surface area contributed by atoms with Crippen molar-refractivity contribution in [2.75, 3.05) is 13.6 Å². The number of hydrogen-bond acceptors (Lipinski definition) is 3. The number of benzene rings is 2. The highest BCUT2D eigenvalue weighted by molar-refractivity contribution is 7.89. The van der Waals surface area contributed by atoms with Crippen molar-refractivity contribution in [3.8, 4) is 0 Å². The molecular weight excluding hydrogens is 372 g/mol. The molecule has 4 rings (SSSR count). The van der Waals surface area contributed by atoms with Gasteiger partial charge in [-0.05, 0) is 48.1 Å². The Morgan fingerprint density at radius 3 is 2.50 bits per heavy atom. The first-order valence-electron chi connectivity index (χ1n) is 9.71. The van der Waals surface area contributed by atoms with Crippen LogP contribution in [0.5, 0.6) is 0 Å². The van der Waals surface area contributed by atoms with E-state index in [0.717, 1.165) is 29.5 Å². The molecule has 148 valence electrons. The first-order valence-corrected chi connectivity index (χ1v) is 11.2. The van der Waals surface area contributed by atoms with Gasteiger partial charge < -0.3 is 4.90 Å². The van der Waals surface area contributed by atoms with Crippen molar-refractivity contribution in [3.63, 3.8) is 0 Å². The van der Waals surface area contributed by atoms with Crippen LogP contribution in [0.4, 0.5) is 0 Å². The molecule has 1 fully saturated rings. The molecule has 1 aliphatic heterocycles. The standard InChI is InChI=1S/C22H26N2O3S/c1-22(11-12-22)21(25)24-13-10-18-14-20(9-8-19(18)16-24)28(26,27)23(2)15-17-6-4-3-5-7-17/h3-9,14H,10-13,15-16H2,1-2H3. The largest absolute Gasteiger partial charge is 0.338 e. The number of sulfonamides is 1. The third kappa shape index (κ3) is 3.59. The van der Waals surface area contributed by atoms with Crippen LogP contribution in [0, 0.1) is 5.41 Å². The van der Waals surface area contributed by atoms with Gasteiger partial charge in [-0.1, -0.05) is 43.3 Å². The third-order valence-corrected chi connectivity index (χ3v) is 7.75. The van der Waals surface area contributed by atoms with Crippen LogP contribution in [0.3, 0.4) is 0 Å². The fourth-order valence-electron chi connectivity index (χ4n) is 3.75. The summed E-state index contributed by atoms with van der Waals surface area (Å²) in [7, 11) is -1.95. The smallest absolute Gasteiger partial charge is 0.243 e. The molecule has 0 atom stereocenters. The van der Waals surface area contributed by atoms with E-state index in [1.54, 1.807) is 19.2 Å². The molecule has 1 saturated carbocycles. The molecule has 0 saturated heterocycles. The summed E-state index contributed by atoms with van der Waals surface area (Å²) in [6.07, 6.45) is 2.64. The van der Waals surface area contributed by atoms with E-state index in [0.29, 0.717) is 31.0 Å². The van der Waals surface area contributed by atoms with Crippen molar-refractivity contribution in [2.45, 2.75) is 44.2 Å². The van der Waals surface area contributed by atoms with Crippen LogP contribution in [0.2, 0.25) is 0 Å². The van der Waals surface area contributed by atoms with Gasteiger partial charge in [0, 0.05) is 32.1 Å². The van der Waals surface area contributed by atoms with E-state index in [1.807, 2.05) is 48.2 Å². The SMILES string of the molecule is CN(Cc1ccccc1)S(=O)(=O)c1ccc2c(c1)CCN(C(=O)C1(C)CC1)C2. The van der Waals surface area contributed by atoms with E-state index in [4.69, 9.17) is 0 Å². The zero-order chi connectivity index (χ0) is 19.9. The second-order valence-corrected chi connectivity index (χ2v) is 10.3. The van der Waals surface area contributed by atoms with Crippen LogP contribution in [0.15, 0.2) is 53.4 Å². The second-order valence-electron chi connectivity index (χ2n) is 8.21. The minimum absolute atomic E-state index is 0.166. The number of amides is 1. The number of nitrogens with zero attached hydrogens (tertiary/aromatic N) is 2. The topological polar surface area (TPSA) is 57.7 Å². The molecule has 0 N–H and O–H groups in total. The maximum atomic E-state index is 13.0. The molecule has 0 radical (unpaired) electrons. The normalized spacial score (nSPS) is 18.0. The summed E-state index contributed by atoms with van der Waals surface area (Å²) in [5.74, 6) is 0.234. The summed E-state index contributed by atoms with van der Waals surface area (Å²) >= 11 is 0. The van der Waals surface area contributed by atoms with Gasteiger partial charge in [0.25, 0.3) is 0 Å². The van der Waals surface area contributed by atoms with Crippen molar-refractivity contribution in [1.82, 2.24) is 9.21 Å². The van der Waals surface area contributed by atoms with Gasteiger partial charge in [-0.15, -0.1) is 0 Å². The number of rotatable bonds is 5. The molecule has 6 heteroatoms. The summed E-state index contributed by atoms with van der Waals surface area (Å²) in [5, 5.41) is 0. The van der Waals surface area contributed by atoms with Gasteiger partial charge in [0.1, 0.15) is 0 Å². The average Bonchev–Trinajstić information content (AvgIpc) is 3.46. The monoisotopic (exact) mass is 398 g/mol. The Morgan fingerprint density at radius 2 is 1.82 bits per heavy atom. The van der Waals surface area contributed by atoms with Gasteiger partial charge in [0.05, 0.1) is 4.90 Å². The summed E-state index contributed by atoms with van der Waals surface area (Å²) in [6, 6.07) is 14.9. The Balaban J connectivity index is 1.52. The van der Waals surface area contributed by atoms with Crippen LogP contribution in [0.25, 0.3) is 0 Å². The molecule has 1 heterocycles. The Hall–Kier alpha value is -2.18. The van der Waals surface area contributed by atoms with E-state index < -0.39 is 10.0 Å². The van der Waals surface area contributed by atoms with Gasteiger partial charge in [-0.3, -0.25) is 4.79 Å². The predicted octanol–water partition coefficient (Wildman–Crippen LogP) is 3.19. The van der Waals surface area contributed by atoms with E-state index >= 15 is 0 Å². The molecule has 1 aliphatic carbocycles. The Labute approximate surface area is 167 Å². The Morgan fingerprint density at radius 1 is 1.11 bits per heavy atom. The van der Waals surface area contributed by atoms with Crippen molar-refractivity contribution < 1.29 is 13.2 Å². The van der Waals surface area contributed by atoms with Crippen molar-refractivity contribution in [3.05, 3.63) is 65.2 Å². The van der Waals surface area contributed by atoms with Crippen LogP contribution in [-0.2, 0) is 34.3 Å². The fourth-order valence-corrected chi connectivity index (χ4v) is 4.96. The van der Waals surface area contributed by atoms with Gasteiger partial charge in [-0.2, -0.15) is 4.31 Å². The quantitative estimate of drug-likeness (QED) is 0.777. The average molecular weight is 399 g/mol. The summed E-state index contributed by atoms with van der Waals surface area (Å²) in [6.45, 7) is 3.60. The lowest BCUT2D eigenvalue weighted by molar-refractivity contribution is -0.137. The van der Waals surface area contributed by atoms with E-state index in [-0.39, 0.29) is 11.3 Å². The van der Waals surface area contributed by atoms with Crippen LogP contribution in [0.1, 0.15) is 36.5 Å². The van der Waals surface area contributed by atoms with E-state index in [9.17, 15) is 13.2 Å². The number of fused-ring (bicyclic) bond motifs is 1. The van der Waals surface area contributed by atoms with Crippen molar-refractivity contribution in [2.24, 2.45) is 5.41 Å². The van der Waals surface area contributed by atoms with Crippen LogP contribution >= 0.6 is 0 Å². The first kappa shape index (κ1) is 19.2. The fraction of sp³-hybridized carbons (Fsp3) is 0.409. The number of hydrogen-bond donors (Lipinski definition) is 0. The molecule has 28 heavy (non-hydrogen) atoms. The van der Waals surface area contributed by atoms with E-state index in [2.05, 4.69) is 0 Å². The predicted molar refractivity (Wildman–Crippen MR) is 108 cm³/mol. The van der Waals surface area contributed by atoms with Gasteiger partial charge in [-0.25, -0.2) is 8.42 Å². The zero-order valence-electron chi connectivity index (χ0n) is 16.4. The molecule has 5 nitrogen and oxygen atoms in total. The first-order chi connectivity index (χ1) is 13.3. The lowest BCUT2D eigenvalue weighted by Crippen LogP contribution is -2.39. The van der Waals surface area contributed by atoms with Crippen molar-refractivity contribution >= 4 is 15.9 Å². The molecule has 0 bridgehead atoms. The summed E-state index contributed by atoms with van der Waals surface area (Å²) < 4.78 is 27.4. The minimum atomic E-state index is -3.56. The molecular formula is C22H26N2O3S. The minimum Gasteiger partial charge on any atom is -0.338 e. The lowest BCUT2D eigenvalue weighted by atomic mass is 9.98. The molecule has 0 unspecified atom stereocenters. The van der Waals surface area contributed by atoms with Crippen LogP contribution in [-0.4, -0.2) is 37.1 Å². The lowest BCUT2D eigenvalue weighted by Gasteiger charge is -2.31. The molecule has 2 aliphatic rings. The highest BCUT2D eigenvalue weighted by Gasteiger charge is 2.47. The highest BCUT2D eigenvalue weighted by atomic mass is 32.2. The number of carbonyl (C=O) groups excluding carboxylic acids is 1. The number of carbonyl (C=O) groups is 1. The maximum absolute atomic E-state index is 13.0. The Bertz CT molecular complexity index is 998. The van der Waals surface area contributed by atoms with Gasteiger partial charge >= 0.3 is 0 Å². The third-order valence-electron chi connectivity index (χ3n) is 5.95. The summed E-state index contributed by atoms with van der Waals surface area (Å²) in [4.78, 5) is 14.8. The Kier molecular flexibility index (Phi) is 4.79. The molecule has 0 aromatic heterocycles. The molecule has 1 amide bonds. The van der Waals surface area contributed by atoms with Crippen LogP contribution < -0.4 is 0 Å². The maximum Gasteiger partial charge on any atom is 0.243 e. The van der Waals surface area contributed by atoms with Gasteiger partial charge in [0.2, 0.25) is 15.9 Å². The molecule has 2 aromatic rings. The van der Waals surface area contributed by atoms with Gasteiger partial charge in [0.15, 0.2) is 0 Å². The highest BCUT2D eigenvalue weighted by Crippen LogP contribution is 2.47. The molecule has 0 spiro atoms. The second kappa shape index (κ2) is 7.01. The summed E-state index contributed by atoms with van der Waals surface area (Å²) in [5.41, 5.74) is 2.86. The van der Waals surface area contributed by atoms with Crippen molar-refractivity contribution in [1.29, 1.82) is 0 Å².